The third kappa shape index (κ3) is 2.81. The van der Waals surface area contributed by atoms with Crippen molar-refractivity contribution in [2.75, 3.05) is 0 Å². The number of carbonyl (C=O) groups is 1. The smallest absolute Gasteiger partial charge is 0.335 e. The second-order valence-electron chi connectivity index (χ2n) is 5.36. The zero-order valence-electron chi connectivity index (χ0n) is 10.9. The van der Waals surface area contributed by atoms with Crippen LogP contribution in [0.15, 0.2) is 30.8 Å². The van der Waals surface area contributed by atoms with Crippen molar-refractivity contribution >= 4 is 11.5 Å². The average molecular weight is 244 g/mol. The van der Waals surface area contributed by atoms with Crippen LogP contribution in [-0.2, 0) is 4.79 Å². The normalized spacial score (nSPS) is 23.6. The molecule has 1 fully saturated rings. The summed E-state index contributed by atoms with van der Waals surface area (Å²) in [6.07, 6.45) is 5.10. The summed E-state index contributed by atoms with van der Waals surface area (Å²) in [5, 5.41) is 8.88. The van der Waals surface area contributed by atoms with Gasteiger partial charge in [-0.1, -0.05) is 50.6 Å². The molecule has 0 aliphatic heterocycles. The number of rotatable bonds is 3. The van der Waals surface area contributed by atoms with E-state index in [1.165, 1.54) is 31.2 Å². The average Bonchev–Trinajstić information content (AvgIpc) is 2.39. The number of carboxylic acids is 1. The van der Waals surface area contributed by atoms with Crippen LogP contribution in [0.3, 0.4) is 0 Å². The third-order valence-corrected chi connectivity index (χ3v) is 4.00. The maximum absolute atomic E-state index is 10.8. The van der Waals surface area contributed by atoms with E-state index in [1.54, 1.807) is 0 Å². The minimum atomic E-state index is -0.950. The SMILES string of the molecule is C=C(C(=O)O)c1ccc(C2CCC(C)CC2)cc1. The molecule has 96 valence electrons. The van der Waals surface area contributed by atoms with E-state index in [1.807, 2.05) is 12.1 Å². The molecule has 18 heavy (non-hydrogen) atoms. The monoisotopic (exact) mass is 244 g/mol. The van der Waals surface area contributed by atoms with Crippen molar-refractivity contribution in [1.29, 1.82) is 0 Å². The van der Waals surface area contributed by atoms with E-state index < -0.39 is 5.97 Å². The summed E-state index contributed by atoms with van der Waals surface area (Å²) >= 11 is 0. The van der Waals surface area contributed by atoms with Crippen molar-refractivity contribution in [2.24, 2.45) is 5.92 Å². The van der Waals surface area contributed by atoms with Gasteiger partial charge in [0.2, 0.25) is 0 Å². The van der Waals surface area contributed by atoms with Crippen LogP contribution in [0, 0.1) is 5.92 Å². The molecule has 1 N–H and O–H groups in total. The van der Waals surface area contributed by atoms with Crippen LogP contribution in [0.4, 0.5) is 0 Å². The summed E-state index contributed by atoms with van der Waals surface area (Å²) in [7, 11) is 0. The summed E-state index contributed by atoms with van der Waals surface area (Å²) in [6.45, 7) is 5.89. The van der Waals surface area contributed by atoms with Crippen molar-refractivity contribution in [2.45, 2.75) is 38.5 Å². The number of aliphatic carboxylic acids is 1. The van der Waals surface area contributed by atoms with Gasteiger partial charge in [-0.2, -0.15) is 0 Å². The molecule has 1 aliphatic rings. The lowest BCUT2D eigenvalue weighted by Gasteiger charge is -2.26. The standard InChI is InChI=1S/C16H20O2/c1-11-3-5-14(6-4-11)15-9-7-13(8-10-15)12(2)16(17)18/h7-11,14H,2-6H2,1H3,(H,17,18). The van der Waals surface area contributed by atoms with Crippen molar-refractivity contribution in [3.05, 3.63) is 42.0 Å². The predicted molar refractivity (Wildman–Crippen MR) is 73.5 cm³/mol. The maximum Gasteiger partial charge on any atom is 0.335 e. The van der Waals surface area contributed by atoms with E-state index in [0.717, 1.165) is 5.92 Å². The van der Waals surface area contributed by atoms with E-state index in [9.17, 15) is 4.79 Å². The summed E-state index contributed by atoms with van der Waals surface area (Å²) in [4.78, 5) is 10.8. The highest BCUT2D eigenvalue weighted by Gasteiger charge is 2.19. The van der Waals surface area contributed by atoms with Crippen molar-refractivity contribution in [1.82, 2.24) is 0 Å². The first-order valence-electron chi connectivity index (χ1n) is 6.60. The van der Waals surface area contributed by atoms with Gasteiger partial charge in [0.15, 0.2) is 0 Å². The largest absolute Gasteiger partial charge is 0.478 e. The Morgan fingerprint density at radius 2 is 1.72 bits per heavy atom. The molecule has 0 spiro atoms. The molecule has 0 atom stereocenters. The molecule has 1 saturated carbocycles. The molecule has 1 aromatic rings. The topological polar surface area (TPSA) is 37.3 Å². The highest BCUT2D eigenvalue weighted by Crippen LogP contribution is 2.35. The minimum absolute atomic E-state index is 0.166. The molecule has 0 heterocycles. The third-order valence-electron chi connectivity index (χ3n) is 4.00. The Kier molecular flexibility index (Phi) is 3.85. The number of hydrogen-bond acceptors (Lipinski definition) is 1. The lowest BCUT2D eigenvalue weighted by atomic mass is 9.79. The lowest BCUT2D eigenvalue weighted by Crippen LogP contribution is -2.10. The van der Waals surface area contributed by atoms with Gasteiger partial charge in [0.25, 0.3) is 0 Å². The fraction of sp³-hybridized carbons (Fsp3) is 0.438. The molecular weight excluding hydrogens is 224 g/mol. The maximum atomic E-state index is 10.8. The Morgan fingerprint density at radius 1 is 1.17 bits per heavy atom. The van der Waals surface area contributed by atoms with Crippen molar-refractivity contribution in [3.63, 3.8) is 0 Å². The number of carboxylic acid groups (broad SMARTS) is 1. The zero-order valence-corrected chi connectivity index (χ0v) is 10.9. The van der Waals surface area contributed by atoms with E-state index in [0.29, 0.717) is 11.5 Å². The second kappa shape index (κ2) is 5.38. The first-order chi connectivity index (χ1) is 8.58. The zero-order chi connectivity index (χ0) is 13.1. The molecule has 0 amide bonds. The van der Waals surface area contributed by atoms with Crippen LogP contribution in [0.5, 0.6) is 0 Å². The highest BCUT2D eigenvalue weighted by atomic mass is 16.4. The van der Waals surface area contributed by atoms with Crippen LogP contribution in [-0.4, -0.2) is 11.1 Å². The van der Waals surface area contributed by atoms with Gasteiger partial charge < -0.3 is 5.11 Å². The molecule has 0 bridgehead atoms. The molecule has 2 nitrogen and oxygen atoms in total. The Bertz CT molecular complexity index is 437. The lowest BCUT2D eigenvalue weighted by molar-refractivity contribution is -0.130. The molecule has 0 unspecified atom stereocenters. The fourth-order valence-corrected chi connectivity index (χ4v) is 2.67. The van der Waals surface area contributed by atoms with Gasteiger partial charge in [0.05, 0.1) is 5.57 Å². The summed E-state index contributed by atoms with van der Waals surface area (Å²) in [5.74, 6) is 0.551. The Hall–Kier alpha value is -1.57. The quantitative estimate of drug-likeness (QED) is 0.813. The van der Waals surface area contributed by atoms with Gasteiger partial charge >= 0.3 is 5.97 Å². The number of hydrogen-bond donors (Lipinski definition) is 1. The molecule has 0 radical (unpaired) electrons. The van der Waals surface area contributed by atoms with Crippen LogP contribution in [0.1, 0.15) is 49.7 Å². The van der Waals surface area contributed by atoms with Gasteiger partial charge in [-0.05, 0) is 35.8 Å². The predicted octanol–water partition coefficient (Wildman–Crippen LogP) is 4.08. The summed E-state index contributed by atoms with van der Waals surface area (Å²) in [6, 6.07) is 7.88. The van der Waals surface area contributed by atoms with Crippen molar-refractivity contribution < 1.29 is 9.90 Å². The summed E-state index contributed by atoms with van der Waals surface area (Å²) < 4.78 is 0. The van der Waals surface area contributed by atoms with Crippen LogP contribution in [0.25, 0.3) is 5.57 Å². The van der Waals surface area contributed by atoms with Gasteiger partial charge in [-0.25, -0.2) is 4.79 Å². The van der Waals surface area contributed by atoms with Gasteiger partial charge in [0.1, 0.15) is 0 Å². The van der Waals surface area contributed by atoms with Crippen molar-refractivity contribution in [3.8, 4) is 0 Å². The van der Waals surface area contributed by atoms with E-state index >= 15 is 0 Å². The molecule has 1 aromatic carbocycles. The van der Waals surface area contributed by atoms with Crippen LogP contribution >= 0.6 is 0 Å². The highest BCUT2D eigenvalue weighted by molar-refractivity contribution is 6.14. The van der Waals surface area contributed by atoms with E-state index in [-0.39, 0.29) is 5.57 Å². The first-order valence-corrected chi connectivity index (χ1v) is 6.60. The van der Waals surface area contributed by atoms with E-state index in [2.05, 4.69) is 25.6 Å². The molecular formula is C16H20O2. The minimum Gasteiger partial charge on any atom is -0.478 e. The molecule has 2 heteroatoms. The molecule has 0 aromatic heterocycles. The second-order valence-corrected chi connectivity index (χ2v) is 5.36. The Morgan fingerprint density at radius 3 is 2.22 bits per heavy atom. The Balaban J connectivity index is 2.08. The van der Waals surface area contributed by atoms with Gasteiger partial charge in [-0.15, -0.1) is 0 Å². The number of benzene rings is 1. The Labute approximate surface area is 108 Å². The van der Waals surface area contributed by atoms with E-state index in [4.69, 9.17) is 5.11 Å². The summed E-state index contributed by atoms with van der Waals surface area (Å²) in [5.41, 5.74) is 2.21. The molecule has 0 saturated heterocycles. The first kappa shape index (κ1) is 12.9. The fourth-order valence-electron chi connectivity index (χ4n) is 2.67. The van der Waals surface area contributed by atoms with Crippen LogP contribution in [0.2, 0.25) is 0 Å². The van der Waals surface area contributed by atoms with Gasteiger partial charge in [0, 0.05) is 0 Å². The van der Waals surface area contributed by atoms with Crippen LogP contribution < -0.4 is 0 Å². The van der Waals surface area contributed by atoms with Gasteiger partial charge in [-0.3, -0.25) is 0 Å². The molecule has 2 rings (SSSR count). The molecule has 1 aliphatic carbocycles.